The number of aromatic hydroxyl groups is 1. The number of fused-ring (bicyclic) bond motifs is 4. The molecule has 3 aromatic carbocycles. The quantitative estimate of drug-likeness (QED) is 0.298. The van der Waals surface area contributed by atoms with Gasteiger partial charge in [-0.15, -0.1) is 0 Å². The normalized spacial score (nSPS) is 29.6. The highest BCUT2D eigenvalue weighted by molar-refractivity contribution is 9.10. The van der Waals surface area contributed by atoms with E-state index in [0.29, 0.717) is 33.2 Å². The van der Waals surface area contributed by atoms with Gasteiger partial charge in [0.25, 0.3) is 0 Å². The zero-order valence-electron chi connectivity index (χ0n) is 23.3. The summed E-state index contributed by atoms with van der Waals surface area (Å²) in [5.74, 6) is -4.46. The van der Waals surface area contributed by atoms with Crippen molar-refractivity contribution in [2.24, 2.45) is 23.7 Å². The smallest absolute Gasteiger partial charge is 0.231 e. The Labute approximate surface area is 256 Å². The number of phenols is 1. The van der Waals surface area contributed by atoms with Crippen molar-refractivity contribution >= 4 is 44.9 Å². The van der Waals surface area contributed by atoms with Crippen LogP contribution in [0.1, 0.15) is 35.4 Å². The van der Waals surface area contributed by atoms with E-state index in [-0.39, 0.29) is 41.3 Å². The van der Waals surface area contributed by atoms with Gasteiger partial charge in [0.2, 0.25) is 11.8 Å². The average Bonchev–Trinajstić information content (AvgIpc) is 3.32. The Kier molecular flexibility index (Phi) is 6.50. The molecule has 7 rings (SSSR count). The van der Waals surface area contributed by atoms with Crippen molar-refractivity contribution in [3.8, 4) is 11.5 Å². The number of phenolic OH excluding ortho intramolecular Hbond substituents is 1. The van der Waals surface area contributed by atoms with Crippen molar-refractivity contribution in [1.29, 1.82) is 0 Å². The molecule has 1 saturated heterocycles. The number of Topliss-reactive ketones (excluding diaryl/α,β-unsaturated/α-hetero) is 1. The highest BCUT2D eigenvalue weighted by atomic mass is 79.9. The number of carbonyl (C=O) groups excluding carboxylic acids is 4. The second kappa shape index (κ2) is 10.2. The monoisotopic (exact) mass is 637 g/mol. The van der Waals surface area contributed by atoms with Gasteiger partial charge >= 0.3 is 0 Å². The molecule has 43 heavy (non-hydrogen) atoms. The van der Waals surface area contributed by atoms with Gasteiger partial charge in [0.15, 0.2) is 23.1 Å². The third-order valence-corrected chi connectivity index (χ3v) is 10.3. The van der Waals surface area contributed by atoms with E-state index in [2.05, 4.69) is 21.2 Å². The molecule has 6 unspecified atom stereocenters. The van der Waals surface area contributed by atoms with Crippen LogP contribution in [-0.2, 0) is 24.6 Å². The minimum atomic E-state index is -1.42. The highest BCUT2D eigenvalue weighted by Gasteiger charge is 2.65. The first-order chi connectivity index (χ1) is 20.8. The van der Waals surface area contributed by atoms with Crippen LogP contribution in [0.5, 0.6) is 11.5 Å². The summed E-state index contributed by atoms with van der Waals surface area (Å²) in [6.07, 6.45) is 3.94. The number of carbonyl (C=O) groups is 4. The van der Waals surface area contributed by atoms with Crippen LogP contribution in [0, 0.1) is 23.7 Å². The Morgan fingerprint density at radius 3 is 2.33 bits per heavy atom. The first kappa shape index (κ1) is 27.5. The minimum Gasteiger partial charge on any atom is -0.504 e. The lowest BCUT2D eigenvalue weighted by Gasteiger charge is -2.55. The van der Waals surface area contributed by atoms with Crippen LogP contribution in [0.4, 0.5) is 0 Å². The Balaban J connectivity index is 1.56. The fourth-order valence-corrected chi connectivity index (χ4v) is 8.55. The maximum Gasteiger partial charge on any atom is 0.231 e. The maximum atomic E-state index is 14.9. The van der Waals surface area contributed by atoms with Crippen molar-refractivity contribution < 1.29 is 29.0 Å². The molecule has 6 atom stereocenters. The molecule has 3 aromatic rings. The van der Waals surface area contributed by atoms with E-state index >= 15 is 0 Å². The molecule has 8 heteroatoms. The lowest BCUT2D eigenvalue weighted by Crippen LogP contribution is -2.58. The largest absolute Gasteiger partial charge is 0.504 e. The molecule has 2 fully saturated rings. The summed E-state index contributed by atoms with van der Waals surface area (Å²) in [5, 5.41) is 14.2. The van der Waals surface area contributed by atoms with Gasteiger partial charge in [0.1, 0.15) is 0 Å². The summed E-state index contributed by atoms with van der Waals surface area (Å²) in [5.41, 5.74) is 1.38. The molecule has 216 valence electrons. The zero-order chi connectivity index (χ0) is 30.0. The van der Waals surface area contributed by atoms with E-state index in [0.717, 1.165) is 5.57 Å². The molecule has 7 nitrogen and oxygen atoms in total. The number of rotatable bonds is 4. The van der Waals surface area contributed by atoms with Gasteiger partial charge in [-0.1, -0.05) is 88.2 Å². The molecule has 1 saturated carbocycles. The fourth-order valence-electron chi connectivity index (χ4n) is 8.10. The van der Waals surface area contributed by atoms with Crippen LogP contribution >= 0.6 is 15.9 Å². The number of allylic oxidation sites excluding steroid dienone is 4. The van der Waals surface area contributed by atoms with Crippen molar-refractivity contribution in [2.75, 3.05) is 7.11 Å². The number of imide groups is 1. The van der Waals surface area contributed by atoms with E-state index in [1.54, 1.807) is 12.1 Å². The molecule has 4 aliphatic rings. The Morgan fingerprint density at radius 1 is 0.930 bits per heavy atom. The van der Waals surface area contributed by atoms with Crippen molar-refractivity contribution in [2.45, 2.75) is 24.2 Å². The Hall–Kier alpha value is -4.30. The first-order valence-corrected chi connectivity index (χ1v) is 15.1. The lowest BCUT2D eigenvalue weighted by atomic mass is 9.44. The number of hydrogen-bond acceptors (Lipinski definition) is 6. The van der Waals surface area contributed by atoms with E-state index in [1.165, 1.54) is 13.2 Å². The van der Waals surface area contributed by atoms with Gasteiger partial charge < -0.3 is 9.84 Å². The number of methoxy groups -OCH3 is 1. The standard InChI is InChI=1S/C35H28BrNO6/c1-43-27-15-20(36)14-25(32(27)40)30-21-12-13-22-29(34(42)37-33(22)41)24(21)16-26-31(39)23(18-8-4-2-5-9-18)17-28(38)35(26,30)19-10-6-3-7-11-19/h2-12,14-15,17,22,24,26,29-30,40H,13,16H2,1H3,(H,37,41,42). The molecule has 2 N–H and O–H groups in total. The molecule has 0 radical (unpaired) electrons. The lowest BCUT2D eigenvalue weighted by molar-refractivity contribution is -0.135. The summed E-state index contributed by atoms with van der Waals surface area (Å²) >= 11 is 3.55. The first-order valence-electron chi connectivity index (χ1n) is 14.3. The van der Waals surface area contributed by atoms with Gasteiger partial charge in [-0.25, -0.2) is 0 Å². The van der Waals surface area contributed by atoms with Crippen LogP contribution in [0.2, 0.25) is 0 Å². The van der Waals surface area contributed by atoms with E-state index in [1.807, 2.05) is 66.7 Å². The number of halogens is 1. The predicted octanol–water partition coefficient (Wildman–Crippen LogP) is 5.28. The van der Waals surface area contributed by atoms with E-state index in [4.69, 9.17) is 4.74 Å². The maximum absolute atomic E-state index is 14.9. The van der Waals surface area contributed by atoms with E-state index in [9.17, 15) is 24.3 Å². The molecule has 0 bridgehead atoms. The third-order valence-electron chi connectivity index (χ3n) is 9.82. The molecule has 0 aromatic heterocycles. The summed E-state index contributed by atoms with van der Waals surface area (Å²) in [4.78, 5) is 55.7. The third kappa shape index (κ3) is 3.92. The summed E-state index contributed by atoms with van der Waals surface area (Å²) in [6, 6.07) is 21.8. The second-order valence-electron chi connectivity index (χ2n) is 11.7. The second-order valence-corrected chi connectivity index (χ2v) is 12.6. The molecule has 0 spiro atoms. The van der Waals surface area contributed by atoms with Crippen molar-refractivity contribution in [3.05, 3.63) is 112 Å². The van der Waals surface area contributed by atoms with Gasteiger partial charge in [0.05, 0.1) is 24.4 Å². The summed E-state index contributed by atoms with van der Waals surface area (Å²) in [7, 11) is 1.45. The number of amides is 2. The van der Waals surface area contributed by atoms with Crippen LogP contribution in [-0.4, -0.2) is 35.6 Å². The highest BCUT2D eigenvalue weighted by Crippen LogP contribution is 2.64. The van der Waals surface area contributed by atoms with Crippen LogP contribution < -0.4 is 10.1 Å². The number of nitrogens with one attached hydrogen (secondary N) is 1. The Morgan fingerprint density at radius 2 is 1.63 bits per heavy atom. The zero-order valence-corrected chi connectivity index (χ0v) is 24.8. The van der Waals surface area contributed by atoms with Gasteiger partial charge in [-0.2, -0.15) is 0 Å². The molecule has 3 aliphatic carbocycles. The van der Waals surface area contributed by atoms with Gasteiger partial charge in [-0.3, -0.25) is 24.5 Å². The SMILES string of the molecule is COc1cc(Br)cc(C2C3=CCC4C(=O)NC(=O)C4C3CC3C(=O)C(c4ccccc4)=CC(=O)C32c2ccccc2)c1O. The van der Waals surface area contributed by atoms with Crippen molar-refractivity contribution in [1.82, 2.24) is 5.32 Å². The number of hydrogen-bond donors (Lipinski definition) is 2. The predicted molar refractivity (Wildman–Crippen MR) is 162 cm³/mol. The number of ketones is 2. The topological polar surface area (TPSA) is 110 Å². The van der Waals surface area contributed by atoms with Gasteiger partial charge in [-0.05, 0) is 48.1 Å². The van der Waals surface area contributed by atoms with Crippen LogP contribution in [0.25, 0.3) is 5.57 Å². The molecule has 2 amide bonds. The van der Waals surface area contributed by atoms with Gasteiger partial charge in [0, 0.05) is 27.4 Å². The summed E-state index contributed by atoms with van der Waals surface area (Å²) < 4.78 is 6.14. The Bertz CT molecular complexity index is 1760. The van der Waals surface area contributed by atoms with Crippen molar-refractivity contribution in [3.63, 3.8) is 0 Å². The molecule has 1 heterocycles. The number of benzene rings is 3. The molecule has 1 aliphatic heterocycles. The minimum absolute atomic E-state index is 0.140. The molecular weight excluding hydrogens is 610 g/mol. The number of ether oxygens (including phenoxy) is 1. The average molecular weight is 639 g/mol. The molecular formula is C35H28BrNO6. The van der Waals surface area contributed by atoms with Crippen LogP contribution in [0.15, 0.2) is 95.0 Å². The summed E-state index contributed by atoms with van der Waals surface area (Å²) in [6.45, 7) is 0. The van der Waals surface area contributed by atoms with E-state index < -0.39 is 35.0 Å². The van der Waals surface area contributed by atoms with Crippen LogP contribution in [0.3, 0.4) is 0 Å². The fraction of sp³-hybridized carbons (Fsp3) is 0.257.